The third-order valence-electron chi connectivity index (χ3n) is 3.33. The number of carbonyl (C=O) groups excluding carboxylic acids is 1. The van der Waals surface area contributed by atoms with E-state index in [0.29, 0.717) is 19.4 Å². The summed E-state index contributed by atoms with van der Waals surface area (Å²) >= 11 is 0. The molecule has 1 aromatic carbocycles. The van der Waals surface area contributed by atoms with Crippen LogP contribution in [0.2, 0.25) is 0 Å². The molecule has 1 rings (SSSR count). The molecule has 1 aromatic rings. The first-order valence-electron chi connectivity index (χ1n) is 7.32. The number of amides is 1. The SMILES string of the molecule is CCNCC(C)C(=O)N[C@@H](CCc1ccccc1)C(=O)O. The lowest BCUT2D eigenvalue weighted by Crippen LogP contribution is -2.45. The van der Waals surface area contributed by atoms with Gasteiger partial charge in [-0.1, -0.05) is 44.2 Å². The predicted octanol–water partition coefficient (Wildman–Crippen LogP) is 1.43. The van der Waals surface area contributed by atoms with Crippen LogP contribution in [0, 0.1) is 5.92 Å². The first-order valence-corrected chi connectivity index (χ1v) is 7.32. The first-order chi connectivity index (χ1) is 10.0. The van der Waals surface area contributed by atoms with Crippen molar-refractivity contribution in [2.75, 3.05) is 13.1 Å². The highest BCUT2D eigenvalue weighted by Gasteiger charge is 2.22. The van der Waals surface area contributed by atoms with Gasteiger partial charge in [-0.15, -0.1) is 0 Å². The van der Waals surface area contributed by atoms with Crippen LogP contribution < -0.4 is 10.6 Å². The Balaban J connectivity index is 2.50. The smallest absolute Gasteiger partial charge is 0.326 e. The lowest BCUT2D eigenvalue weighted by atomic mass is 10.0. The third kappa shape index (κ3) is 6.40. The van der Waals surface area contributed by atoms with Crippen LogP contribution in [0.15, 0.2) is 30.3 Å². The summed E-state index contributed by atoms with van der Waals surface area (Å²) in [7, 11) is 0. The molecule has 0 spiro atoms. The highest BCUT2D eigenvalue weighted by Crippen LogP contribution is 2.06. The zero-order valence-electron chi connectivity index (χ0n) is 12.6. The lowest BCUT2D eigenvalue weighted by molar-refractivity contribution is -0.142. The number of hydrogen-bond donors (Lipinski definition) is 3. The van der Waals surface area contributed by atoms with E-state index in [9.17, 15) is 14.7 Å². The number of hydrogen-bond acceptors (Lipinski definition) is 3. The summed E-state index contributed by atoms with van der Waals surface area (Å²) in [6.45, 7) is 5.08. The molecule has 21 heavy (non-hydrogen) atoms. The van der Waals surface area contributed by atoms with Gasteiger partial charge in [0.2, 0.25) is 5.91 Å². The highest BCUT2D eigenvalue weighted by molar-refractivity contribution is 5.84. The van der Waals surface area contributed by atoms with Gasteiger partial charge in [-0.2, -0.15) is 0 Å². The molecule has 1 amide bonds. The lowest BCUT2D eigenvalue weighted by Gasteiger charge is -2.18. The van der Waals surface area contributed by atoms with Crippen LogP contribution >= 0.6 is 0 Å². The second-order valence-corrected chi connectivity index (χ2v) is 5.13. The van der Waals surface area contributed by atoms with Gasteiger partial charge in [-0.05, 0) is 24.9 Å². The average molecular weight is 292 g/mol. The maximum absolute atomic E-state index is 12.0. The van der Waals surface area contributed by atoms with Crippen molar-refractivity contribution < 1.29 is 14.7 Å². The van der Waals surface area contributed by atoms with Gasteiger partial charge in [-0.3, -0.25) is 4.79 Å². The Labute approximate surface area is 125 Å². The van der Waals surface area contributed by atoms with Crippen molar-refractivity contribution in [2.24, 2.45) is 5.92 Å². The van der Waals surface area contributed by atoms with Gasteiger partial charge >= 0.3 is 5.97 Å². The van der Waals surface area contributed by atoms with Crippen LogP contribution in [-0.2, 0) is 16.0 Å². The summed E-state index contributed by atoms with van der Waals surface area (Å²) < 4.78 is 0. The summed E-state index contributed by atoms with van der Waals surface area (Å²) in [4.78, 5) is 23.2. The normalized spacial score (nSPS) is 13.4. The van der Waals surface area contributed by atoms with E-state index < -0.39 is 12.0 Å². The highest BCUT2D eigenvalue weighted by atomic mass is 16.4. The number of carboxylic acids is 1. The Morgan fingerprint density at radius 3 is 2.48 bits per heavy atom. The molecule has 5 heteroatoms. The molecule has 0 aromatic heterocycles. The Morgan fingerprint density at radius 2 is 1.90 bits per heavy atom. The van der Waals surface area contributed by atoms with Crippen LogP contribution in [0.3, 0.4) is 0 Å². The van der Waals surface area contributed by atoms with E-state index in [1.807, 2.05) is 37.3 Å². The Bertz CT molecular complexity index is 448. The van der Waals surface area contributed by atoms with Crippen LogP contribution in [0.25, 0.3) is 0 Å². The molecule has 3 N–H and O–H groups in total. The van der Waals surface area contributed by atoms with Gasteiger partial charge in [0.1, 0.15) is 6.04 Å². The minimum Gasteiger partial charge on any atom is -0.480 e. The van der Waals surface area contributed by atoms with Crippen LogP contribution in [0.1, 0.15) is 25.8 Å². The zero-order chi connectivity index (χ0) is 15.7. The topological polar surface area (TPSA) is 78.4 Å². The van der Waals surface area contributed by atoms with Crippen molar-refractivity contribution in [1.82, 2.24) is 10.6 Å². The van der Waals surface area contributed by atoms with E-state index in [-0.39, 0.29) is 11.8 Å². The van der Waals surface area contributed by atoms with Crippen molar-refractivity contribution in [3.63, 3.8) is 0 Å². The largest absolute Gasteiger partial charge is 0.480 e. The van der Waals surface area contributed by atoms with Gasteiger partial charge in [0.25, 0.3) is 0 Å². The summed E-state index contributed by atoms with van der Waals surface area (Å²) in [5, 5.41) is 14.9. The molecule has 0 fully saturated rings. The van der Waals surface area contributed by atoms with Crippen molar-refractivity contribution in [3.8, 4) is 0 Å². The molecule has 0 saturated carbocycles. The monoisotopic (exact) mass is 292 g/mol. The molecule has 0 heterocycles. The third-order valence-corrected chi connectivity index (χ3v) is 3.33. The summed E-state index contributed by atoms with van der Waals surface area (Å²) in [6, 6.07) is 8.82. The fourth-order valence-corrected chi connectivity index (χ4v) is 1.98. The van der Waals surface area contributed by atoms with E-state index in [4.69, 9.17) is 0 Å². The standard InChI is InChI=1S/C16H24N2O3/c1-3-17-11-12(2)15(19)18-14(16(20)21)10-9-13-7-5-4-6-8-13/h4-8,12,14,17H,3,9-11H2,1-2H3,(H,18,19)(H,20,21)/t12?,14-/m0/s1. The van der Waals surface area contributed by atoms with Gasteiger partial charge in [0, 0.05) is 12.5 Å². The number of carboxylic acid groups (broad SMARTS) is 1. The molecule has 2 atom stereocenters. The number of benzene rings is 1. The Morgan fingerprint density at radius 1 is 1.24 bits per heavy atom. The van der Waals surface area contributed by atoms with E-state index in [1.54, 1.807) is 6.92 Å². The van der Waals surface area contributed by atoms with Gasteiger partial charge in [0.05, 0.1) is 0 Å². The Kier molecular flexibility index (Phi) is 7.46. The number of aliphatic carboxylic acids is 1. The summed E-state index contributed by atoms with van der Waals surface area (Å²) in [5.41, 5.74) is 1.07. The molecule has 0 aliphatic heterocycles. The summed E-state index contributed by atoms with van der Waals surface area (Å²) in [6.07, 6.45) is 1.01. The van der Waals surface area contributed by atoms with E-state index in [0.717, 1.165) is 12.1 Å². The van der Waals surface area contributed by atoms with E-state index >= 15 is 0 Å². The van der Waals surface area contributed by atoms with E-state index in [2.05, 4.69) is 10.6 Å². The number of carbonyl (C=O) groups is 2. The minimum absolute atomic E-state index is 0.226. The zero-order valence-corrected chi connectivity index (χ0v) is 12.6. The molecule has 1 unspecified atom stereocenters. The number of nitrogens with one attached hydrogen (secondary N) is 2. The average Bonchev–Trinajstić information content (AvgIpc) is 2.49. The fraction of sp³-hybridized carbons (Fsp3) is 0.500. The van der Waals surface area contributed by atoms with Gasteiger partial charge in [-0.25, -0.2) is 4.79 Å². The summed E-state index contributed by atoms with van der Waals surface area (Å²) in [5.74, 6) is -1.46. The molecular formula is C16H24N2O3. The quantitative estimate of drug-likeness (QED) is 0.643. The molecule has 0 radical (unpaired) electrons. The predicted molar refractivity (Wildman–Crippen MR) is 82.0 cm³/mol. The maximum atomic E-state index is 12.0. The number of aryl methyl sites for hydroxylation is 1. The fourth-order valence-electron chi connectivity index (χ4n) is 1.98. The van der Waals surface area contributed by atoms with Gasteiger partial charge < -0.3 is 15.7 Å². The molecular weight excluding hydrogens is 268 g/mol. The molecule has 116 valence electrons. The van der Waals surface area contributed by atoms with Crippen LogP contribution in [0.5, 0.6) is 0 Å². The minimum atomic E-state index is -0.991. The molecule has 5 nitrogen and oxygen atoms in total. The van der Waals surface area contributed by atoms with Crippen LogP contribution in [0.4, 0.5) is 0 Å². The van der Waals surface area contributed by atoms with E-state index in [1.165, 1.54) is 0 Å². The first kappa shape index (κ1) is 17.2. The van der Waals surface area contributed by atoms with Crippen LogP contribution in [-0.4, -0.2) is 36.1 Å². The second kappa shape index (κ2) is 9.13. The number of rotatable bonds is 9. The van der Waals surface area contributed by atoms with Crippen molar-refractivity contribution in [3.05, 3.63) is 35.9 Å². The maximum Gasteiger partial charge on any atom is 0.326 e. The van der Waals surface area contributed by atoms with Crippen molar-refractivity contribution >= 4 is 11.9 Å². The second-order valence-electron chi connectivity index (χ2n) is 5.13. The molecule has 0 aliphatic rings. The molecule has 0 bridgehead atoms. The molecule has 0 saturated heterocycles. The van der Waals surface area contributed by atoms with Crippen molar-refractivity contribution in [1.29, 1.82) is 0 Å². The molecule has 0 aliphatic carbocycles. The van der Waals surface area contributed by atoms with Gasteiger partial charge in [0.15, 0.2) is 0 Å². The Hall–Kier alpha value is -1.88. The van der Waals surface area contributed by atoms with Crippen molar-refractivity contribution in [2.45, 2.75) is 32.7 Å².